The molecule has 0 heterocycles. The van der Waals surface area contributed by atoms with Crippen LogP contribution in [0.1, 0.15) is 27.0 Å². The van der Waals surface area contributed by atoms with E-state index in [-0.39, 0.29) is 5.56 Å². The van der Waals surface area contributed by atoms with E-state index in [0.717, 1.165) is 11.1 Å². The average molecular weight is 317 g/mol. The highest BCUT2D eigenvalue weighted by Gasteiger charge is 2.48. The highest BCUT2D eigenvalue weighted by atomic mass is 16.4. The van der Waals surface area contributed by atoms with Crippen LogP contribution >= 0.6 is 0 Å². The number of aliphatic hydroxyl groups is 1. The summed E-state index contributed by atoms with van der Waals surface area (Å²) in [6.07, 6.45) is 0. The molecular weight excluding hydrogens is 302 g/mol. The van der Waals surface area contributed by atoms with Gasteiger partial charge in [-0.25, -0.2) is 4.79 Å². The normalized spacial score (nSPS) is 18.0. The van der Waals surface area contributed by atoms with Crippen molar-refractivity contribution in [2.45, 2.75) is 5.60 Å². The first kappa shape index (κ1) is 14.5. The van der Waals surface area contributed by atoms with Crippen LogP contribution in [0.15, 0.2) is 66.7 Å². The number of carboxylic acids is 1. The zero-order valence-electron chi connectivity index (χ0n) is 12.7. The third-order valence-corrected chi connectivity index (χ3v) is 4.61. The summed E-state index contributed by atoms with van der Waals surface area (Å²) < 4.78 is 0. The number of aromatic carboxylic acids is 1. The Morgan fingerprint density at radius 3 is 2.38 bits per heavy atom. The quantitative estimate of drug-likeness (QED) is 0.648. The maximum Gasteiger partial charge on any atom is 0.335 e. The molecule has 0 aromatic heterocycles. The van der Waals surface area contributed by atoms with Crippen molar-refractivity contribution in [2.24, 2.45) is 0 Å². The van der Waals surface area contributed by atoms with Crippen molar-refractivity contribution in [3.63, 3.8) is 0 Å². The van der Waals surface area contributed by atoms with Crippen molar-refractivity contribution in [2.75, 3.05) is 5.73 Å². The van der Waals surface area contributed by atoms with E-state index >= 15 is 0 Å². The van der Waals surface area contributed by atoms with Gasteiger partial charge in [0.15, 0.2) is 0 Å². The second kappa shape index (κ2) is 4.94. The van der Waals surface area contributed by atoms with E-state index in [4.69, 9.17) is 5.73 Å². The summed E-state index contributed by atoms with van der Waals surface area (Å²) in [6, 6.07) is 19.8. The Morgan fingerprint density at radius 2 is 1.71 bits per heavy atom. The second-order valence-corrected chi connectivity index (χ2v) is 5.91. The second-order valence-electron chi connectivity index (χ2n) is 5.91. The van der Waals surface area contributed by atoms with E-state index < -0.39 is 11.6 Å². The summed E-state index contributed by atoms with van der Waals surface area (Å²) in [5.41, 5.74) is 9.05. The van der Waals surface area contributed by atoms with Crippen LogP contribution in [0.2, 0.25) is 0 Å². The van der Waals surface area contributed by atoms with E-state index in [0.29, 0.717) is 22.4 Å². The number of nitrogen functional groups attached to an aromatic ring is 1. The van der Waals surface area contributed by atoms with E-state index in [1.807, 2.05) is 36.4 Å². The summed E-state index contributed by atoms with van der Waals surface area (Å²) >= 11 is 0. The lowest BCUT2D eigenvalue weighted by Gasteiger charge is -2.42. The number of hydrogen-bond acceptors (Lipinski definition) is 3. The number of carboxylic acid groups (broad SMARTS) is 1. The molecule has 0 fully saturated rings. The third kappa shape index (κ3) is 1.80. The first-order chi connectivity index (χ1) is 11.5. The molecule has 4 N–H and O–H groups in total. The molecule has 1 atom stereocenters. The Bertz CT molecular complexity index is 966. The number of fused-ring (bicyclic) bond motifs is 2. The molecule has 0 aliphatic heterocycles. The van der Waals surface area contributed by atoms with Gasteiger partial charge in [0.05, 0.1) is 5.56 Å². The number of benzene rings is 3. The molecule has 3 aromatic carbocycles. The van der Waals surface area contributed by atoms with Crippen molar-refractivity contribution in [1.82, 2.24) is 0 Å². The van der Waals surface area contributed by atoms with Gasteiger partial charge in [0.2, 0.25) is 0 Å². The van der Waals surface area contributed by atoms with Crippen LogP contribution in [0.4, 0.5) is 5.69 Å². The molecule has 0 amide bonds. The summed E-state index contributed by atoms with van der Waals surface area (Å²) in [5.74, 6) is -1.03. The summed E-state index contributed by atoms with van der Waals surface area (Å²) in [6.45, 7) is 0. The van der Waals surface area contributed by atoms with Crippen LogP contribution in [0, 0.1) is 0 Å². The molecule has 1 aliphatic rings. The Kier molecular flexibility index (Phi) is 2.98. The van der Waals surface area contributed by atoms with E-state index in [1.165, 1.54) is 12.1 Å². The molecule has 1 aliphatic carbocycles. The molecular formula is C20H15NO3. The van der Waals surface area contributed by atoms with Gasteiger partial charge in [-0.1, -0.05) is 54.6 Å². The molecule has 118 valence electrons. The predicted octanol–water partition coefficient (Wildman–Crippen LogP) is 3.23. The zero-order chi connectivity index (χ0) is 16.9. The van der Waals surface area contributed by atoms with Crippen LogP contribution in [0.5, 0.6) is 0 Å². The SMILES string of the molecule is Nc1c2ccc(-c3ccccc3)c1C2(O)c1cccc(C(=O)O)c1. The molecule has 4 heteroatoms. The van der Waals surface area contributed by atoms with Gasteiger partial charge in [-0.2, -0.15) is 0 Å². The van der Waals surface area contributed by atoms with Gasteiger partial charge >= 0.3 is 5.97 Å². The van der Waals surface area contributed by atoms with Crippen LogP contribution in [-0.4, -0.2) is 16.2 Å². The Hall–Kier alpha value is -3.11. The first-order valence-corrected chi connectivity index (χ1v) is 7.58. The highest BCUT2D eigenvalue weighted by Crippen LogP contribution is 2.55. The molecule has 0 saturated heterocycles. The first-order valence-electron chi connectivity index (χ1n) is 7.58. The number of anilines is 1. The summed E-state index contributed by atoms with van der Waals surface area (Å²) in [7, 11) is 0. The number of carbonyl (C=O) groups is 1. The smallest absolute Gasteiger partial charge is 0.335 e. The number of rotatable bonds is 3. The van der Waals surface area contributed by atoms with E-state index in [9.17, 15) is 15.0 Å². The van der Waals surface area contributed by atoms with Crippen LogP contribution in [-0.2, 0) is 5.60 Å². The van der Waals surface area contributed by atoms with Gasteiger partial charge in [0, 0.05) is 16.8 Å². The zero-order valence-corrected chi connectivity index (χ0v) is 12.7. The molecule has 0 radical (unpaired) electrons. The van der Waals surface area contributed by atoms with Crippen molar-refractivity contribution in [1.29, 1.82) is 0 Å². The fourth-order valence-electron chi connectivity index (χ4n) is 3.43. The molecule has 4 nitrogen and oxygen atoms in total. The molecule has 24 heavy (non-hydrogen) atoms. The summed E-state index contributed by atoms with van der Waals surface area (Å²) in [5, 5.41) is 20.5. The standard InChI is InChI=1S/C20H15NO3/c21-18-16-10-9-15(12-5-2-1-3-6-12)17(18)20(16,24)14-8-4-7-13(11-14)19(22)23/h1-11,24H,21H2,(H,22,23). The maximum atomic E-state index is 11.3. The Morgan fingerprint density at radius 1 is 0.958 bits per heavy atom. The van der Waals surface area contributed by atoms with Crippen molar-refractivity contribution >= 4 is 11.7 Å². The lowest BCUT2D eigenvalue weighted by atomic mass is 9.66. The largest absolute Gasteiger partial charge is 0.478 e. The minimum atomic E-state index is -1.37. The van der Waals surface area contributed by atoms with Gasteiger partial charge in [-0.15, -0.1) is 0 Å². The lowest BCUT2D eigenvalue weighted by molar-refractivity contribution is 0.0696. The van der Waals surface area contributed by atoms with E-state index in [2.05, 4.69) is 0 Å². The van der Waals surface area contributed by atoms with Gasteiger partial charge in [0.1, 0.15) is 5.60 Å². The third-order valence-electron chi connectivity index (χ3n) is 4.61. The van der Waals surface area contributed by atoms with Crippen molar-refractivity contribution < 1.29 is 15.0 Å². The maximum absolute atomic E-state index is 11.3. The molecule has 1 unspecified atom stereocenters. The minimum Gasteiger partial charge on any atom is -0.478 e. The monoisotopic (exact) mass is 317 g/mol. The van der Waals surface area contributed by atoms with Gasteiger partial charge < -0.3 is 15.9 Å². The van der Waals surface area contributed by atoms with Crippen LogP contribution in [0.3, 0.4) is 0 Å². The van der Waals surface area contributed by atoms with E-state index in [1.54, 1.807) is 18.2 Å². The number of nitrogens with two attached hydrogens (primary N) is 1. The topological polar surface area (TPSA) is 83.5 Å². The fraction of sp³-hybridized carbons (Fsp3) is 0.0500. The van der Waals surface area contributed by atoms with Crippen molar-refractivity contribution in [3.05, 3.63) is 89.0 Å². The van der Waals surface area contributed by atoms with Crippen molar-refractivity contribution in [3.8, 4) is 11.1 Å². The van der Waals surface area contributed by atoms with Crippen LogP contribution in [0.25, 0.3) is 11.1 Å². The predicted molar refractivity (Wildman–Crippen MR) is 91.8 cm³/mol. The molecule has 0 spiro atoms. The summed E-state index contributed by atoms with van der Waals surface area (Å²) in [4.78, 5) is 11.2. The van der Waals surface area contributed by atoms with Crippen LogP contribution < -0.4 is 5.73 Å². The van der Waals surface area contributed by atoms with Gasteiger partial charge in [0.25, 0.3) is 0 Å². The number of hydrogen-bond donors (Lipinski definition) is 3. The lowest BCUT2D eigenvalue weighted by Crippen LogP contribution is -2.39. The molecule has 3 aromatic rings. The minimum absolute atomic E-state index is 0.135. The average Bonchev–Trinajstić information content (AvgIpc) is 2.62. The van der Waals surface area contributed by atoms with Gasteiger partial charge in [-0.05, 0) is 28.8 Å². The van der Waals surface area contributed by atoms with Gasteiger partial charge in [-0.3, -0.25) is 0 Å². The molecule has 0 saturated carbocycles. The highest BCUT2D eigenvalue weighted by molar-refractivity contribution is 5.90. The Labute approximate surface area is 138 Å². The molecule has 4 rings (SSSR count). The fourth-order valence-corrected chi connectivity index (χ4v) is 3.43. The molecule has 2 bridgehead atoms. The Balaban J connectivity index is 1.90.